The molecule has 1 saturated heterocycles. The van der Waals surface area contributed by atoms with E-state index in [0.29, 0.717) is 23.7 Å². The van der Waals surface area contributed by atoms with E-state index >= 15 is 0 Å². The first-order valence-electron chi connectivity index (χ1n) is 9.28. The zero-order chi connectivity index (χ0) is 21.3. The summed E-state index contributed by atoms with van der Waals surface area (Å²) in [5, 5.41) is 4.94. The van der Waals surface area contributed by atoms with Crippen LogP contribution >= 0.6 is 11.3 Å². The summed E-state index contributed by atoms with van der Waals surface area (Å²) in [6.07, 6.45) is -3.16. The lowest BCUT2D eigenvalue weighted by Crippen LogP contribution is -2.35. The number of para-hydroxylation sites is 1. The van der Waals surface area contributed by atoms with Gasteiger partial charge in [0, 0.05) is 17.5 Å². The number of carbonyl (C=O) groups excluding carboxylic acids is 1. The Labute approximate surface area is 174 Å². The van der Waals surface area contributed by atoms with Gasteiger partial charge in [-0.25, -0.2) is 14.2 Å². The molecule has 1 aromatic heterocycles. The third-order valence-corrected chi connectivity index (χ3v) is 5.88. The molecular weight excluding hydrogens is 418 g/mol. The first-order chi connectivity index (χ1) is 14.3. The van der Waals surface area contributed by atoms with E-state index in [2.05, 4.69) is 10.3 Å². The Morgan fingerprint density at radius 1 is 1.13 bits per heavy atom. The largest absolute Gasteiger partial charge is 0.418 e. The Hall–Kier alpha value is -2.94. The van der Waals surface area contributed by atoms with Crippen LogP contribution in [0.15, 0.2) is 53.9 Å². The summed E-state index contributed by atoms with van der Waals surface area (Å²) in [4.78, 5) is 18.9. The molecule has 1 fully saturated rings. The molecule has 0 aliphatic carbocycles. The van der Waals surface area contributed by atoms with Crippen molar-refractivity contribution in [3.63, 3.8) is 0 Å². The summed E-state index contributed by atoms with van der Waals surface area (Å²) >= 11 is 1.37. The summed E-state index contributed by atoms with van der Waals surface area (Å²) in [5.74, 6) is -0.341. The predicted molar refractivity (Wildman–Crippen MR) is 107 cm³/mol. The van der Waals surface area contributed by atoms with Gasteiger partial charge in [-0.05, 0) is 49.2 Å². The van der Waals surface area contributed by atoms with Crippen LogP contribution in [0.2, 0.25) is 0 Å². The Kier molecular flexibility index (Phi) is 5.46. The number of carbonyl (C=O) groups is 1. The van der Waals surface area contributed by atoms with Gasteiger partial charge in [-0.3, -0.25) is 0 Å². The van der Waals surface area contributed by atoms with Crippen LogP contribution in [0.4, 0.5) is 28.0 Å². The second kappa shape index (κ2) is 8.06. The van der Waals surface area contributed by atoms with Gasteiger partial charge >= 0.3 is 12.2 Å². The van der Waals surface area contributed by atoms with E-state index in [9.17, 15) is 22.4 Å². The number of aromatic nitrogens is 1. The highest BCUT2D eigenvalue weighted by Gasteiger charge is 2.36. The molecule has 0 saturated carbocycles. The van der Waals surface area contributed by atoms with Gasteiger partial charge in [0.2, 0.25) is 0 Å². The molecule has 4 nitrogen and oxygen atoms in total. The van der Waals surface area contributed by atoms with Crippen LogP contribution < -0.4 is 5.32 Å². The molecule has 9 heteroatoms. The quantitative estimate of drug-likeness (QED) is 0.488. The van der Waals surface area contributed by atoms with Crippen molar-refractivity contribution in [2.75, 3.05) is 11.9 Å². The number of hydrogen-bond acceptors (Lipinski definition) is 3. The van der Waals surface area contributed by atoms with Gasteiger partial charge in [0.25, 0.3) is 0 Å². The van der Waals surface area contributed by atoms with E-state index in [1.165, 1.54) is 46.6 Å². The van der Waals surface area contributed by atoms with Crippen LogP contribution in [0.25, 0.3) is 11.3 Å². The molecule has 2 heterocycles. The van der Waals surface area contributed by atoms with E-state index in [-0.39, 0.29) is 17.5 Å². The number of likely N-dealkylation sites (tertiary alicyclic amines) is 1. The molecule has 30 heavy (non-hydrogen) atoms. The molecule has 4 rings (SSSR count). The smallest absolute Gasteiger partial charge is 0.315 e. The van der Waals surface area contributed by atoms with Crippen LogP contribution in [0, 0.1) is 5.82 Å². The summed E-state index contributed by atoms with van der Waals surface area (Å²) in [7, 11) is 0. The molecule has 2 aromatic carbocycles. The standard InChI is InChI=1S/C21H17F4N3OS/c22-14-9-7-13(8-10-14)17-12-30-19(26-17)18-6-3-11-28(18)20(29)27-16-5-2-1-4-15(16)21(23,24)25/h1-2,4-5,7-10,12,18H,3,6,11H2,(H,27,29)/t18-/m0/s1. The van der Waals surface area contributed by atoms with E-state index in [1.807, 2.05) is 5.38 Å². The van der Waals surface area contributed by atoms with E-state index < -0.39 is 17.8 Å². The van der Waals surface area contributed by atoms with Crippen molar-refractivity contribution >= 4 is 23.1 Å². The monoisotopic (exact) mass is 435 g/mol. The summed E-state index contributed by atoms with van der Waals surface area (Å²) in [6.45, 7) is 0.427. The van der Waals surface area contributed by atoms with Gasteiger partial charge < -0.3 is 10.2 Å². The number of halogens is 4. The number of nitrogens with zero attached hydrogens (tertiary/aromatic N) is 2. The van der Waals surface area contributed by atoms with Gasteiger partial charge in [-0.15, -0.1) is 11.3 Å². The maximum absolute atomic E-state index is 13.2. The SMILES string of the molecule is O=C(Nc1ccccc1C(F)(F)F)N1CCC[C@H]1c1nc(-c2ccc(F)cc2)cs1. The van der Waals surface area contributed by atoms with E-state index in [1.54, 1.807) is 12.1 Å². The van der Waals surface area contributed by atoms with Gasteiger partial charge in [-0.1, -0.05) is 12.1 Å². The molecule has 1 aliphatic heterocycles. The highest BCUT2D eigenvalue weighted by molar-refractivity contribution is 7.10. The summed E-state index contributed by atoms with van der Waals surface area (Å²) in [6, 6.07) is 9.95. The molecule has 3 aromatic rings. The molecule has 0 spiro atoms. The van der Waals surface area contributed by atoms with Crippen LogP contribution in [0.1, 0.15) is 29.5 Å². The highest BCUT2D eigenvalue weighted by Crippen LogP contribution is 2.38. The van der Waals surface area contributed by atoms with Crippen LogP contribution in [0.3, 0.4) is 0 Å². The molecule has 1 aliphatic rings. The number of hydrogen-bond donors (Lipinski definition) is 1. The van der Waals surface area contributed by atoms with Crippen molar-refractivity contribution in [2.45, 2.75) is 25.1 Å². The zero-order valence-corrected chi connectivity index (χ0v) is 16.4. The van der Waals surface area contributed by atoms with Crippen molar-refractivity contribution in [1.29, 1.82) is 0 Å². The fourth-order valence-electron chi connectivity index (χ4n) is 3.49. The van der Waals surface area contributed by atoms with Crippen LogP contribution in [-0.2, 0) is 6.18 Å². The number of anilines is 1. The number of urea groups is 1. The average Bonchev–Trinajstić information content (AvgIpc) is 3.37. The molecule has 0 unspecified atom stereocenters. The predicted octanol–water partition coefficient (Wildman–Crippen LogP) is 6.34. The fourth-order valence-corrected chi connectivity index (χ4v) is 4.46. The minimum atomic E-state index is -4.56. The zero-order valence-electron chi connectivity index (χ0n) is 15.6. The molecular formula is C21H17F4N3OS. The first-order valence-corrected chi connectivity index (χ1v) is 10.2. The maximum atomic E-state index is 13.2. The van der Waals surface area contributed by atoms with Crippen molar-refractivity contribution in [1.82, 2.24) is 9.88 Å². The Morgan fingerprint density at radius 2 is 1.87 bits per heavy atom. The van der Waals surface area contributed by atoms with Crippen LogP contribution in [-0.4, -0.2) is 22.5 Å². The second-order valence-electron chi connectivity index (χ2n) is 6.90. The number of amides is 2. The van der Waals surface area contributed by atoms with Crippen molar-refractivity contribution in [3.05, 3.63) is 70.3 Å². The molecule has 156 valence electrons. The number of nitrogens with one attached hydrogen (secondary N) is 1. The van der Waals surface area contributed by atoms with Gasteiger partial charge in [0.15, 0.2) is 0 Å². The van der Waals surface area contributed by atoms with Gasteiger partial charge in [0.1, 0.15) is 10.8 Å². The molecule has 1 atom stereocenters. The third-order valence-electron chi connectivity index (χ3n) is 4.93. The van der Waals surface area contributed by atoms with Crippen molar-refractivity contribution in [3.8, 4) is 11.3 Å². The fraction of sp³-hybridized carbons (Fsp3) is 0.238. The topological polar surface area (TPSA) is 45.2 Å². The minimum Gasteiger partial charge on any atom is -0.315 e. The minimum absolute atomic E-state index is 0.271. The highest BCUT2D eigenvalue weighted by atomic mass is 32.1. The lowest BCUT2D eigenvalue weighted by Gasteiger charge is -2.24. The lowest BCUT2D eigenvalue weighted by atomic mass is 10.1. The lowest BCUT2D eigenvalue weighted by molar-refractivity contribution is -0.136. The Morgan fingerprint density at radius 3 is 2.60 bits per heavy atom. The number of rotatable bonds is 3. The number of benzene rings is 2. The van der Waals surface area contributed by atoms with Crippen molar-refractivity contribution in [2.24, 2.45) is 0 Å². The number of alkyl halides is 3. The second-order valence-corrected chi connectivity index (χ2v) is 7.79. The van der Waals surface area contributed by atoms with Crippen LogP contribution in [0.5, 0.6) is 0 Å². The molecule has 0 bridgehead atoms. The molecule has 0 radical (unpaired) electrons. The van der Waals surface area contributed by atoms with E-state index in [4.69, 9.17) is 0 Å². The summed E-state index contributed by atoms with van der Waals surface area (Å²) < 4.78 is 52.8. The van der Waals surface area contributed by atoms with Gasteiger partial charge in [-0.2, -0.15) is 13.2 Å². The normalized spacial score (nSPS) is 16.7. The van der Waals surface area contributed by atoms with Gasteiger partial charge in [0.05, 0.1) is 23.0 Å². The maximum Gasteiger partial charge on any atom is 0.418 e. The summed E-state index contributed by atoms with van der Waals surface area (Å²) in [5.41, 5.74) is 0.269. The third kappa shape index (κ3) is 4.16. The van der Waals surface area contributed by atoms with E-state index in [0.717, 1.165) is 18.1 Å². The van der Waals surface area contributed by atoms with Crippen molar-refractivity contribution < 1.29 is 22.4 Å². The average molecular weight is 435 g/mol. The molecule has 2 amide bonds. The Balaban J connectivity index is 1.53. The first kappa shape index (κ1) is 20.3. The Bertz CT molecular complexity index is 1050. The number of thiazole rings is 1. The molecule has 1 N–H and O–H groups in total.